The first-order chi connectivity index (χ1) is 16.1. The quantitative estimate of drug-likeness (QED) is 0.376. The fourth-order valence-corrected chi connectivity index (χ4v) is 5.61. The predicted octanol–water partition coefficient (Wildman–Crippen LogP) is 6.90. The number of benzene rings is 1. The van der Waals surface area contributed by atoms with E-state index in [0.717, 1.165) is 44.4 Å². The van der Waals surface area contributed by atoms with Gasteiger partial charge in [-0.2, -0.15) is 8.78 Å². The molecule has 3 aliphatic rings. The SMILES string of the molecule is CCCCC1CCC(COc2ccc(OCC3CCC(C4OCCO4)CC3)c(F)c2F)CC1. The van der Waals surface area contributed by atoms with Crippen molar-refractivity contribution in [3.05, 3.63) is 23.8 Å². The summed E-state index contributed by atoms with van der Waals surface area (Å²) in [7, 11) is 0. The molecule has 3 fully saturated rings. The molecule has 0 N–H and O–H groups in total. The van der Waals surface area contributed by atoms with Gasteiger partial charge in [-0.25, -0.2) is 0 Å². The largest absolute Gasteiger partial charge is 0.490 e. The molecule has 0 amide bonds. The van der Waals surface area contributed by atoms with Crippen molar-refractivity contribution in [2.24, 2.45) is 23.7 Å². The molecule has 1 heterocycles. The number of hydrogen-bond acceptors (Lipinski definition) is 4. The van der Waals surface area contributed by atoms with E-state index in [-0.39, 0.29) is 17.8 Å². The van der Waals surface area contributed by atoms with Crippen molar-refractivity contribution >= 4 is 0 Å². The monoisotopic (exact) mass is 466 g/mol. The summed E-state index contributed by atoms with van der Waals surface area (Å²) < 4.78 is 51.8. The third-order valence-electron chi connectivity index (χ3n) is 7.82. The van der Waals surface area contributed by atoms with Gasteiger partial charge < -0.3 is 18.9 Å². The summed E-state index contributed by atoms with van der Waals surface area (Å²) in [5, 5.41) is 0. The van der Waals surface area contributed by atoms with Gasteiger partial charge >= 0.3 is 0 Å². The van der Waals surface area contributed by atoms with Crippen molar-refractivity contribution in [1.82, 2.24) is 0 Å². The van der Waals surface area contributed by atoms with Gasteiger partial charge in [0, 0.05) is 5.92 Å². The Hall–Kier alpha value is -1.40. The lowest BCUT2D eigenvalue weighted by atomic mass is 9.80. The fraction of sp³-hybridized carbons (Fsp3) is 0.778. The van der Waals surface area contributed by atoms with E-state index in [1.807, 2.05) is 0 Å². The number of rotatable bonds is 10. The van der Waals surface area contributed by atoms with Gasteiger partial charge in [0.1, 0.15) is 0 Å². The lowest BCUT2D eigenvalue weighted by Gasteiger charge is -2.30. The van der Waals surface area contributed by atoms with Crippen LogP contribution in [0.5, 0.6) is 11.5 Å². The highest BCUT2D eigenvalue weighted by Crippen LogP contribution is 2.36. The van der Waals surface area contributed by atoms with Gasteiger partial charge in [0.05, 0.1) is 26.4 Å². The van der Waals surface area contributed by atoms with Gasteiger partial charge in [-0.3, -0.25) is 0 Å². The number of halogens is 2. The zero-order chi connectivity index (χ0) is 23.0. The van der Waals surface area contributed by atoms with Gasteiger partial charge in [-0.05, 0) is 68.4 Å². The summed E-state index contributed by atoms with van der Waals surface area (Å²) in [5.74, 6) is 0.100. The van der Waals surface area contributed by atoms with E-state index in [2.05, 4.69) is 6.92 Å². The van der Waals surface area contributed by atoms with Crippen LogP contribution in [0.4, 0.5) is 8.78 Å². The first kappa shape index (κ1) is 24.7. The van der Waals surface area contributed by atoms with Crippen molar-refractivity contribution < 1.29 is 27.7 Å². The van der Waals surface area contributed by atoms with Gasteiger partial charge in [0.15, 0.2) is 17.8 Å². The lowest BCUT2D eigenvalue weighted by molar-refractivity contribution is -0.0960. The molecule has 0 unspecified atom stereocenters. The minimum Gasteiger partial charge on any atom is -0.490 e. The highest BCUT2D eigenvalue weighted by atomic mass is 19.2. The predicted molar refractivity (Wildman–Crippen MR) is 123 cm³/mol. The molecule has 1 aromatic rings. The van der Waals surface area contributed by atoms with Crippen LogP contribution in [0.2, 0.25) is 0 Å². The summed E-state index contributed by atoms with van der Waals surface area (Å²) in [6.45, 7) is 4.44. The molecule has 0 atom stereocenters. The Morgan fingerprint density at radius 2 is 1.24 bits per heavy atom. The first-order valence-corrected chi connectivity index (χ1v) is 13.1. The standard InChI is InChI=1S/C27H40F2O4/c1-2-3-4-19-5-7-20(8-6-19)17-32-23-13-14-24(26(29)25(23)28)33-18-21-9-11-22(12-10-21)27-30-15-16-31-27/h13-14,19-22,27H,2-12,15-18H2,1H3. The Kier molecular flexibility index (Phi) is 9.25. The molecule has 4 rings (SSSR count). The number of hydrogen-bond donors (Lipinski definition) is 0. The average Bonchev–Trinajstić information content (AvgIpc) is 3.39. The second kappa shape index (κ2) is 12.3. The van der Waals surface area contributed by atoms with Crippen LogP contribution in [-0.2, 0) is 9.47 Å². The van der Waals surface area contributed by atoms with E-state index in [0.29, 0.717) is 44.2 Å². The van der Waals surface area contributed by atoms with Crippen LogP contribution in [-0.4, -0.2) is 32.7 Å². The minimum atomic E-state index is -0.947. The van der Waals surface area contributed by atoms with Crippen LogP contribution in [0.25, 0.3) is 0 Å². The summed E-state index contributed by atoms with van der Waals surface area (Å²) >= 11 is 0. The minimum absolute atomic E-state index is 0.00923. The zero-order valence-electron chi connectivity index (χ0n) is 20.0. The highest BCUT2D eigenvalue weighted by molar-refractivity contribution is 5.35. The summed E-state index contributed by atoms with van der Waals surface area (Å²) in [6, 6.07) is 3.01. The van der Waals surface area contributed by atoms with Crippen molar-refractivity contribution in [3.8, 4) is 11.5 Å². The van der Waals surface area contributed by atoms with Gasteiger partial charge in [0.25, 0.3) is 0 Å². The van der Waals surface area contributed by atoms with E-state index in [9.17, 15) is 8.78 Å². The Morgan fingerprint density at radius 1 is 0.758 bits per heavy atom. The van der Waals surface area contributed by atoms with Crippen LogP contribution < -0.4 is 9.47 Å². The first-order valence-electron chi connectivity index (χ1n) is 13.1. The van der Waals surface area contributed by atoms with Crippen LogP contribution in [0, 0.1) is 35.3 Å². The molecule has 0 spiro atoms. The Morgan fingerprint density at radius 3 is 1.76 bits per heavy atom. The fourth-order valence-electron chi connectivity index (χ4n) is 5.61. The van der Waals surface area contributed by atoms with Crippen molar-refractivity contribution in [3.63, 3.8) is 0 Å². The number of unbranched alkanes of at least 4 members (excludes halogenated alkanes) is 1. The smallest absolute Gasteiger partial charge is 0.204 e. The molecule has 186 valence electrons. The number of ether oxygens (including phenoxy) is 4. The molecule has 33 heavy (non-hydrogen) atoms. The molecular formula is C27H40F2O4. The summed E-state index contributed by atoms with van der Waals surface area (Å²) in [5.41, 5.74) is 0. The molecule has 2 aliphatic carbocycles. The molecular weight excluding hydrogens is 426 g/mol. The molecule has 0 radical (unpaired) electrons. The highest BCUT2D eigenvalue weighted by Gasteiger charge is 2.31. The molecule has 1 saturated heterocycles. The van der Waals surface area contributed by atoms with E-state index < -0.39 is 11.6 Å². The Labute approximate surface area is 197 Å². The van der Waals surface area contributed by atoms with E-state index in [1.54, 1.807) is 0 Å². The van der Waals surface area contributed by atoms with E-state index in [4.69, 9.17) is 18.9 Å². The molecule has 1 aromatic carbocycles. The van der Waals surface area contributed by atoms with Crippen molar-refractivity contribution in [2.75, 3.05) is 26.4 Å². The summed E-state index contributed by atoms with van der Waals surface area (Å²) in [6.07, 6.45) is 12.5. The Balaban J connectivity index is 1.19. The maximum atomic E-state index is 14.6. The van der Waals surface area contributed by atoms with Crippen LogP contribution in [0.1, 0.15) is 77.6 Å². The van der Waals surface area contributed by atoms with Crippen molar-refractivity contribution in [1.29, 1.82) is 0 Å². The van der Waals surface area contributed by atoms with Crippen molar-refractivity contribution in [2.45, 2.75) is 83.8 Å². The van der Waals surface area contributed by atoms with Gasteiger partial charge in [-0.15, -0.1) is 0 Å². The average molecular weight is 467 g/mol. The molecule has 1 aliphatic heterocycles. The molecule has 2 saturated carbocycles. The normalized spacial score (nSPS) is 28.7. The maximum Gasteiger partial charge on any atom is 0.204 e. The molecule has 0 aromatic heterocycles. The van der Waals surface area contributed by atoms with Gasteiger partial charge in [0.2, 0.25) is 11.6 Å². The lowest BCUT2D eigenvalue weighted by Crippen LogP contribution is -2.28. The van der Waals surface area contributed by atoms with Crippen LogP contribution in [0.3, 0.4) is 0 Å². The molecule has 0 bridgehead atoms. The second-order valence-corrected chi connectivity index (χ2v) is 10.2. The maximum absolute atomic E-state index is 14.6. The van der Waals surface area contributed by atoms with Gasteiger partial charge in [-0.1, -0.05) is 39.0 Å². The topological polar surface area (TPSA) is 36.9 Å². The molecule has 6 heteroatoms. The third-order valence-corrected chi connectivity index (χ3v) is 7.82. The van der Waals surface area contributed by atoms with Crippen LogP contribution in [0.15, 0.2) is 12.1 Å². The van der Waals surface area contributed by atoms with E-state index in [1.165, 1.54) is 44.2 Å². The van der Waals surface area contributed by atoms with E-state index >= 15 is 0 Å². The third kappa shape index (κ3) is 6.82. The Bertz CT molecular complexity index is 721. The zero-order valence-corrected chi connectivity index (χ0v) is 20.0. The van der Waals surface area contributed by atoms with Crippen LogP contribution >= 0.6 is 0 Å². The molecule has 4 nitrogen and oxygen atoms in total. The second-order valence-electron chi connectivity index (χ2n) is 10.2. The summed E-state index contributed by atoms with van der Waals surface area (Å²) in [4.78, 5) is 0.